The van der Waals surface area contributed by atoms with Crippen LogP contribution >= 0.6 is 0 Å². The summed E-state index contributed by atoms with van der Waals surface area (Å²) >= 11 is 0. The summed E-state index contributed by atoms with van der Waals surface area (Å²) in [7, 11) is 1.86. The van der Waals surface area contributed by atoms with E-state index in [0.29, 0.717) is 0 Å². The van der Waals surface area contributed by atoms with E-state index in [9.17, 15) is 0 Å². The normalized spacial score (nSPS) is 18.1. The van der Waals surface area contributed by atoms with Crippen molar-refractivity contribution in [3.63, 3.8) is 0 Å². The van der Waals surface area contributed by atoms with E-state index in [2.05, 4.69) is 25.5 Å². The number of aromatic nitrogens is 6. The molecule has 0 aliphatic carbocycles. The molecule has 114 valence electrons. The molecule has 0 saturated carbocycles. The summed E-state index contributed by atoms with van der Waals surface area (Å²) in [5.74, 6) is 0.731. The Hall–Kier alpha value is -2.48. The average Bonchev–Trinajstić information content (AvgIpc) is 3.24. The summed E-state index contributed by atoms with van der Waals surface area (Å²) in [5.41, 5.74) is 1.69. The number of aryl methyl sites for hydroxylation is 1. The number of rotatable bonds is 4. The molecule has 3 aromatic heterocycles. The number of ether oxygens (including phenoxy) is 1. The Bertz CT molecular complexity index is 787. The van der Waals surface area contributed by atoms with Crippen LogP contribution in [0.25, 0.3) is 11.0 Å². The number of nitrogens with zero attached hydrogens (tertiary/aromatic N) is 6. The van der Waals surface area contributed by atoms with Crippen molar-refractivity contribution >= 4 is 22.5 Å². The van der Waals surface area contributed by atoms with E-state index in [0.717, 1.165) is 48.5 Å². The molecule has 22 heavy (non-hydrogen) atoms. The van der Waals surface area contributed by atoms with Crippen molar-refractivity contribution in [2.24, 2.45) is 7.05 Å². The topological polar surface area (TPSA) is 82.7 Å². The van der Waals surface area contributed by atoms with Crippen LogP contribution in [-0.4, -0.2) is 42.2 Å². The first-order chi connectivity index (χ1) is 10.8. The van der Waals surface area contributed by atoms with E-state index in [1.807, 2.05) is 17.9 Å². The predicted molar refractivity (Wildman–Crippen MR) is 80.8 cm³/mol. The molecular formula is C14H17N7O. The highest BCUT2D eigenvalue weighted by molar-refractivity contribution is 5.87. The summed E-state index contributed by atoms with van der Waals surface area (Å²) in [6, 6.07) is 0. The summed E-state index contributed by atoms with van der Waals surface area (Å²) in [6.07, 6.45) is 9.56. The minimum Gasteiger partial charge on any atom is -0.376 e. The molecule has 4 heterocycles. The van der Waals surface area contributed by atoms with E-state index in [-0.39, 0.29) is 6.10 Å². The predicted octanol–water partition coefficient (Wildman–Crippen LogP) is 1.48. The first-order valence-corrected chi connectivity index (χ1v) is 7.33. The van der Waals surface area contributed by atoms with Crippen LogP contribution in [-0.2, 0) is 18.3 Å². The van der Waals surface area contributed by atoms with Crippen molar-refractivity contribution in [1.82, 2.24) is 29.5 Å². The van der Waals surface area contributed by atoms with Gasteiger partial charge in [0.25, 0.3) is 0 Å². The highest BCUT2D eigenvalue weighted by Gasteiger charge is 2.16. The maximum absolute atomic E-state index is 5.63. The van der Waals surface area contributed by atoms with E-state index < -0.39 is 0 Å². The van der Waals surface area contributed by atoms with Crippen LogP contribution in [0.15, 0.2) is 24.9 Å². The van der Waals surface area contributed by atoms with E-state index >= 15 is 0 Å². The first kappa shape index (κ1) is 13.2. The van der Waals surface area contributed by atoms with Crippen molar-refractivity contribution in [1.29, 1.82) is 0 Å². The van der Waals surface area contributed by atoms with Gasteiger partial charge in [0.2, 0.25) is 0 Å². The monoisotopic (exact) mass is 299 g/mol. The zero-order valence-corrected chi connectivity index (χ0v) is 12.3. The Balaban J connectivity index is 1.54. The molecule has 1 aliphatic rings. The fourth-order valence-electron chi connectivity index (χ4n) is 2.72. The van der Waals surface area contributed by atoms with E-state index in [1.165, 1.54) is 6.33 Å². The quantitative estimate of drug-likeness (QED) is 0.786. The number of anilines is 2. The minimum absolute atomic E-state index is 0.275. The summed E-state index contributed by atoms with van der Waals surface area (Å²) in [6.45, 7) is 1.64. The van der Waals surface area contributed by atoms with Gasteiger partial charge in [-0.05, 0) is 12.8 Å². The molecule has 0 amide bonds. The number of nitrogens with one attached hydrogen (secondary N) is 1. The Labute approximate surface area is 127 Å². The van der Waals surface area contributed by atoms with Crippen LogP contribution in [0.3, 0.4) is 0 Å². The molecule has 1 unspecified atom stereocenters. The highest BCUT2D eigenvalue weighted by Crippen LogP contribution is 2.22. The Morgan fingerprint density at radius 1 is 1.32 bits per heavy atom. The van der Waals surface area contributed by atoms with Crippen LogP contribution in [0.1, 0.15) is 12.8 Å². The van der Waals surface area contributed by atoms with Gasteiger partial charge in [-0.1, -0.05) is 0 Å². The summed E-state index contributed by atoms with van der Waals surface area (Å²) in [5, 5.41) is 12.7. The third-order valence-corrected chi connectivity index (χ3v) is 3.84. The van der Waals surface area contributed by atoms with Gasteiger partial charge in [-0.15, -0.1) is 0 Å². The maximum Gasteiger partial charge on any atom is 0.163 e. The molecule has 0 spiro atoms. The van der Waals surface area contributed by atoms with Gasteiger partial charge in [0.1, 0.15) is 12.1 Å². The Morgan fingerprint density at radius 3 is 3.14 bits per heavy atom. The molecule has 4 rings (SSSR count). The van der Waals surface area contributed by atoms with Gasteiger partial charge in [0.15, 0.2) is 5.65 Å². The van der Waals surface area contributed by atoms with Gasteiger partial charge < -0.3 is 10.1 Å². The summed E-state index contributed by atoms with van der Waals surface area (Å²) in [4.78, 5) is 8.52. The number of fused-ring (bicyclic) bond motifs is 1. The van der Waals surface area contributed by atoms with Crippen molar-refractivity contribution < 1.29 is 4.74 Å². The minimum atomic E-state index is 0.275. The van der Waals surface area contributed by atoms with Crippen LogP contribution < -0.4 is 5.32 Å². The second-order valence-electron chi connectivity index (χ2n) is 5.44. The zero-order chi connectivity index (χ0) is 14.9. The lowest BCUT2D eigenvalue weighted by atomic mass is 10.2. The number of hydrogen-bond donors (Lipinski definition) is 1. The van der Waals surface area contributed by atoms with Gasteiger partial charge in [0.05, 0.1) is 36.1 Å². The van der Waals surface area contributed by atoms with Crippen LogP contribution in [0.2, 0.25) is 0 Å². The van der Waals surface area contributed by atoms with Gasteiger partial charge in [-0.25, -0.2) is 9.97 Å². The molecule has 0 radical (unpaired) electrons. The van der Waals surface area contributed by atoms with E-state index in [4.69, 9.17) is 4.74 Å². The SMILES string of the molecule is Cn1ncc2c(Nc3cnn(CC4CCCO4)c3)ncnc21. The van der Waals surface area contributed by atoms with Crippen molar-refractivity contribution in [2.45, 2.75) is 25.5 Å². The van der Waals surface area contributed by atoms with Crippen LogP contribution in [0.5, 0.6) is 0 Å². The molecule has 1 saturated heterocycles. The molecule has 1 atom stereocenters. The number of hydrogen-bond acceptors (Lipinski definition) is 6. The Kier molecular flexibility index (Phi) is 3.23. The maximum atomic E-state index is 5.63. The fraction of sp³-hybridized carbons (Fsp3) is 0.429. The van der Waals surface area contributed by atoms with Crippen LogP contribution in [0, 0.1) is 0 Å². The second-order valence-corrected chi connectivity index (χ2v) is 5.44. The average molecular weight is 299 g/mol. The van der Waals surface area contributed by atoms with Gasteiger partial charge in [-0.3, -0.25) is 9.36 Å². The molecule has 1 N–H and O–H groups in total. The fourth-order valence-corrected chi connectivity index (χ4v) is 2.72. The molecule has 8 heteroatoms. The van der Waals surface area contributed by atoms with E-state index in [1.54, 1.807) is 17.1 Å². The van der Waals surface area contributed by atoms with Gasteiger partial charge in [0, 0.05) is 19.9 Å². The zero-order valence-electron chi connectivity index (χ0n) is 12.3. The molecule has 1 aliphatic heterocycles. The first-order valence-electron chi connectivity index (χ1n) is 7.33. The van der Waals surface area contributed by atoms with Crippen LogP contribution in [0.4, 0.5) is 11.5 Å². The Morgan fingerprint density at radius 2 is 2.27 bits per heavy atom. The lowest BCUT2D eigenvalue weighted by Gasteiger charge is -2.08. The molecular weight excluding hydrogens is 282 g/mol. The highest BCUT2D eigenvalue weighted by atomic mass is 16.5. The smallest absolute Gasteiger partial charge is 0.163 e. The lowest BCUT2D eigenvalue weighted by Crippen LogP contribution is -2.15. The van der Waals surface area contributed by atoms with Crippen molar-refractivity contribution in [3.8, 4) is 0 Å². The van der Waals surface area contributed by atoms with Crippen molar-refractivity contribution in [3.05, 3.63) is 24.9 Å². The second kappa shape index (κ2) is 5.38. The standard InChI is InChI=1S/C14H17N7O/c1-20-14-12(6-17-20)13(15-9-16-14)19-10-5-18-21(7-10)8-11-3-2-4-22-11/h5-7,9,11H,2-4,8H2,1H3,(H,15,16,19). The van der Waals surface area contributed by atoms with Crippen molar-refractivity contribution in [2.75, 3.05) is 11.9 Å². The molecule has 8 nitrogen and oxygen atoms in total. The third-order valence-electron chi connectivity index (χ3n) is 3.84. The molecule has 0 bridgehead atoms. The summed E-state index contributed by atoms with van der Waals surface area (Å²) < 4.78 is 9.26. The molecule has 0 aromatic carbocycles. The molecule has 1 fully saturated rings. The lowest BCUT2D eigenvalue weighted by molar-refractivity contribution is 0.0940. The molecule has 3 aromatic rings. The largest absolute Gasteiger partial charge is 0.376 e. The van der Waals surface area contributed by atoms with Gasteiger partial charge >= 0.3 is 0 Å². The van der Waals surface area contributed by atoms with Gasteiger partial charge in [-0.2, -0.15) is 10.2 Å². The third kappa shape index (κ3) is 2.41.